The maximum Gasteiger partial charge on any atom is 0.216 e. The van der Waals surface area contributed by atoms with Gasteiger partial charge in [0.2, 0.25) is 8.00 Å². The zero-order chi connectivity index (χ0) is 8.10. The highest BCUT2D eigenvalue weighted by atomic mass is 31.1. The molecule has 1 rings (SSSR count). The van der Waals surface area contributed by atoms with E-state index in [1.54, 1.807) is 0 Å². The van der Waals surface area contributed by atoms with E-state index in [4.69, 9.17) is 4.89 Å². The van der Waals surface area contributed by atoms with E-state index in [1.807, 2.05) is 0 Å². The molecule has 1 atom stereocenters. The van der Waals surface area contributed by atoms with Crippen molar-refractivity contribution in [3.8, 4) is 0 Å². The average Bonchev–Trinajstić information content (AvgIpc) is 1.84. The highest BCUT2D eigenvalue weighted by molar-refractivity contribution is 7.45. The van der Waals surface area contributed by atoms with E-state index in [0.717, 1.165) is 31.0 Å². The molecule has 0 aromatic carbocycles. The second-order valence-corrected chi connectivity index (χ2v) is 4.29. The SMILES string of the molecule is [O-][P+](O)=C1CCCCCCC1. The minimum Gasteiger partial charge on any atom is -0.603 e. The van der Waals surface area contributed by atoms with Gasteiger partial charge < -0.3 is 4.89 Å². The van der Waals surface area contributed by atoms with Crippen LogP contribution in [0.5, 0.6) is 0 Å². The number of rotatable bonds is 0. The molecule has 1 fully saturated rings. The minimum atomic E-state index is -1.98. The van der Waals surface area contributed by atoms with Gasteiger partial charge in [-0.25, -0.2) is 0 Å². The minimum absolute atomic E-state index is 0.881. The van der Waals surface area contributed by atoms with Crippen molar-refractivity contribution in [2.45, 2.75) is 44.9 Å². The summed E-state index contributed by atoms with van der Waals surface area (Å²) < 4.78 is 0. The van der Waals surface area contributed by atoms with E-state index in [1.165, 1.54) is 19.3 Å². The summed E-state index contributed by atoms with van der Waals surface area (Å²) in [4.78, 5) is 19.6. The monoisotopic (exact) mass is 174 g/mol. The standard InChI is InChI=1S/C8H15O2P/c9-11(10)8-6-4-2-1-3-5-7-8/h1-7H2,(H,9,10). The molecule has 0 amide bonds. The number of hydrogen-bond acceptors (Lipinski definition) is 2. The first-order valence-corrected chi connectivity index (χ1v) is 5.53. The molecule has 0 aromatic heterocycles. The van der Waals surface area contributed by atoms with Gasteiger partial charge in [0.05, 0.1) is 0 Å². The molecule has 11 heavy (non-hydrogen) atoms. The van der Waals surface area contributed by atoms with Gasteiger partial charge in [0, 0.05) is 12.8 Å². The van der Waals surface area contributed by atoms with Crippen molar-refractivity contribution < 1.29 is 9.79 Å². The predicted molar refractivity (Wildman–Crippen MR) is 46.5 cm³/mol. The molecule has 2 nitrogen and oxygen atoms in total. The third-order valence-electron chi connectivity index (χ3n) is 2.20. The topological polar surface area (TPSA) is 43.3 Å². The van der Waals surface area contributed by atoms with Crippen molar-refractivity contribution in [2.24, 2.45) is 0 Å². The van der Waals surface area contributed by atoms with Gasteiger partial charge in [-0.05, 0) is 12.8 Å². The van der Waals surface area contributed by atoms with Gasteiger partial charge in [-0.15, -0.1) is 0 Å². The van der Waals surface area contributed by atoms with E-state index in [-0.39, 0.29) is 0 Å². The summed E-state index contributed by atoms with van der Waals surface area (Å²) in [7, 11) is -1.98. The summed E-state index contributed by atoms with van der Waals surface area (Å²) in [5.74, 6) is 0. The van der Waals surface area contributed by atoms with Crippen LogP contribution in [-0.4, -0.2) is 10.2 Å². The first-order valence-electron chi connectivity index (χ1n) is 4.31. The Labute approximate surface area is 68.8 Å². The first kappa shape index (κ1) is 9.18. The quantitative estimate of drug-likeness (QED) is 0.566. The highest BCUT2D eigenvalue weighted by Crippen LogP contribution is 2.21. The lowest BCUT2D eigenvalue weighted by Crippen LogP contribution is -2.05. The van der Waals surface area contributed by atoms with Crippen LogP contribution in [0.2, 0.25) is 0 Å². The van der Waals surface area contributed by atoms with E-state index in [9.17, 15) is 4.89 Å². The zero-order valence-electron chi connectivity index (χ0n) is 6.75. The summed E-state index contributed by atoms with van der Waals surface area (Å²) in [6, 6.07) is 0. The maximum absolute atomic E-state index is 10.7. The van der Waals surface area contributed by atoms with Crippen LogP contribution >= 0.6 is 8.00 Å². The van der Waals surface area contributed by atoms with E-state index in [0.29, 0.717) is 0 Å². The van der Waals surface area contributed by atoms with Crippen LogP contribution in [0.1, 0.15) is 44.9 Å². The van der Waals surface area contributed by atoms with Crippen molar-refractivity contribution in [3.05, 3.63) is 0 Å². The highest BCUT2D eigenvalue weighted by Gasteiger charge is 2.10. The lowest BCUT2D eigenvalue weighted by molar-refractivity contribution is -0.167. The molecule has 3 heteroatoms. The Bertz CT molecular complexity index is 140. The van der Waals surface area contributed by atoms with E-state index < -0.39 is 8.00 Å². The Kier molecular flexibility index (Phi) is 4.06. The first-order chi connectivity index (χ1) is 5.30. The third-order valence-corrected chi connectivity index (χ3v) is 3.19. The molecule has 0 radical (unpaired) electrons. The second kappa shape index (κ2) is 4.87. The molecule has 1 aliphatic rings. The normalized spacial score (nSPS) is 22.4. The third kappa shape index (κ3) is 3.33. The zero-order valence-corrected chi connectivity index (χ0v) is 7.65. The fourth-order valence-corrected chi connectivity index (χ4v) is 2.20. The summed E-state index contributed by atoms with van der Waals surface area (Å²) in [5, 5.41) is 0.889. The Morgan fingerprint density at radius 1 is 1.00 bits per heavy atom. The van der Waals surface area contributed by atoms with Crippen LogP contribution in [0.25, 0.3) is 0 Å². The lowest BCUT2D eigenvalue weighted by atomic mass is 10.0. The van der Waals surface area contributed by atoms with Crippen LogP contribution in [-0.2, 0) is 0 Å². The molecular weight excluding hydrogens is 159 g/mol. The Morgan fingerprint density at radius 2 is 1.45 bits per heavy atom. The van der Waals surface area contributed by atoms with Crippen LogP contribution in [0.3, 0.4) is 0 Å². The summed E-state index contributed by atoms with van der Waals surface area (Å²) in [5.41, 5.74) is 0. The summed E-state index contributed by atoms with van der Waals surface area (Å²) in [6.45, 7) is 0. The summed E-state index contributed by atoms with van der Waals surface area (Å²) >= 11 is 0. The predicted octanol–water partition coefficient (Wildman–Crippen LogP) is 1.57. The molecule has 1 aliphatic carbocycles. The van der Waals surface area contributed by atoms with E-state index >= 15 is 0 Å². The lowest BCUT2D eigenvalue weighted by Gasteiger charge is -2.08. The van der Waals surface area contributed by atoms with Gasteiger partial charge in [-0.2, -0.15) is 4.89 Å². The van der Waals surface area contributed by atoms with Gasteiger partial charge in [0.1, 0.15) is 5.29 Å². The number of hydrogen-bond donors (Lipinski definition) is 1. The van der Waals surface area contributed by atoms with Crippen LogP contribution in [0, 0.1) is 0 Å². The molecular formula is C8H15O2P. The van der Waals surface area contributed by atoms with Crippen LogP contribution in [0.4, 0.5) is 0 Å². The largest absolute Gasteiger partial charge is 0.603 e. The molecule has 0 aliphatic heterocycles. The van der Waals surface area contributed by atoms with Crippen LogP contribution in [0.15, 0.2) is 0 Å². The van der Waals surface area contributed by atoms with Crippen LogP contribution < -0.4 is 4.89 Å². The van der Waals surface area contributed by atoms with Gasteiger partial charge in [-0.3, -0.25) is 0 Å². The molecule has 1 N–H and O–H groups in total. The van der Waals surface area contributed by atoms with Gasteiger partial charge in [0.15, 0.2) is 0 Å². The maximum atomic E-state index is 10.7. The smallest absolute Gasteiger partial charge is 0.216 e. The fraction of sp³-hybridized carbons (Fsp3) is 0.875. The fourth-order valence-electron chi connectivity index (χ4n) is 1.50. The summed E-state index contributed by atoms with van der Waals surface area (Å²) in [6.07, 6.45) is 7.74. The van der Waals surface area contributed by atoms with Gasteiger partial charge in [-0.1, -0.05) is 19.3 Å². The molecule has 64 valence electrons. The molecule has 1 unspecified atom stereocenters. The average molecular weight is 174 g/mol. The molecule has 1 saturated carbocycles. The van der Waals surface area contributed by atoms with Crippen molar-refractivity contribution in [1.82, 2.24) is 0 Å². The van der Waals surface area contributed by atoms with Crippen molar-refractivity contribution in [1.29, 1.82) is 0 Å². The van der Waals surface area contributed by atoms with Crippen molar-refractivity contribution >= 4 is 13.3 Å². The van der Waals surface area contributed by atoms with Gasteiger partial charge >= 0.3 is 0 Å². The molecule has 0 spiro atoms. The Balaban J connectivity index is 2.45. The van der Waals surface area contributed by atoms with Crippen molar-refractivity contribution in [3.63, 3.8) is 0 Å². The van der Waals surface area contributed by atoms with Gasteiger partial charge in [0.25, 0.3) is 0 Å². The molecule has 0 bridgehead atoms. The second-order valence-electron chi connectivity index (χ2n) is 3.11. The molecule has 0 saturated heterocycles. The van der Waals surface area contributed by atoms with E-state index in [2.05, 4.69) is 0 Å². The molecule has 0 aromatic rings. The van der Waals surface area contributed by atoms with Crippen molar-refractivity contribution in [2.75, 3.05) is 0 Å². The molecule has 0 heterocycles. The Morgan fingerprint density at radius 3 is 1.91 bits per heavy atom. The Hall–Kier alpha value is 0.0900.